The fraction of sp³-hybridized carbons (Fsp3) is 0.938. The topological polar surface area (TPSA) is 39.7 Å². The molecule has 0 aromatic heterocycles. The zero-order valence-electron chi connectivity index (χ0n) is 14.5. The molecular formula is C16H35IN4. The van der Waals surface area contributed by atoms with E-state index in [0.29, 0.717) is 12.0 Å². The van der Waals surface area contributed by atoms with E-state index in [1.54, 1.807) is 0 Å². The number of aliphatic imine (C=N–C) groups is 1. The summed E-state index contributed by atoms with van der Waals surface area (Å²) in [7, 11) is 0. The first kappa shape index (κ1) is 21.0. The van der Waals surface area contributed by atoms with Crippen molar-refractivity contribution >= 4 is 29.9 Å². The van der Waals surface area contributed by atoms with Crippen LogP contribution in [0.3, 0.4) is 0 Å². The molecule has 0 saturated carbocycles. The lowest BCUT2D eigenvalue weighted by Crippen LogP contribution is -2.44. The quantitative estimate of drug-likeness (QED) is 0.402. The van der Waals surface area contributed by atoms with Crippen molar-refractivity contribution in [1.29, 1.82) is 0 Å². The molecule has 5 heteroatoms. The number of halogens is 1. The van der Waals surface area contributed by atoms with E-state index < -0.39 is 0 Å². The van der Waals surface area contributed by atoms with Gasteiger partial charge in [-0.1, -0.05) is 20.8 Å². The van der Waals surface area contributed by atoms with Gasteiger partial charge in [0.25, 0.3) is 0 Å². The number of hydrogen-bond acceptors (Lipinski definition) is 2. The van der Waals surface area contributed by atoms with Crippen molar-refractivity contribution in [3.8, 4) is 0 Å². The zero-order valence-corrected chi connectivity index (χ0v) is 16.8. The summed E-state index contributed by atoms with van der Waals surface area (Å²) in [6, 6.07) is 0.448. The minimum Gasteiger partial charge on any atom is -0.357 e. The third-order valence-electron chi connectivity index (χ3n) is 4.27. The Bertz CT molecular complexity index is 286. The summed E-state index contributed by atoms with van der Waals surface area (Å²) in [5.41, 5.74) is 0. The van der Waals surface area contributed by atoms with Gasteiger partial charge in [-0.25, -0.2) is 0 Å². The number of rotatable bonds is 6. The number of hydrogen-bond donors (Lipinski definition) is 2. The molecule has 1 unspecified atom stereocenters. The van der Waals surface area contributed by atoms with E-state index in [1.165, 1.54) is 25.9 Å². The van der Waals surface area contributed by atoms with Crippen molar-refractivity contribution < 1.29 is 0 Å². The SMILES string of the molecule is CCNC(=NCCN1CCC(C)CC1)NC(C)C(C)C.I. The average molecular weight is 410 g/mol. The lowest BCUT2D eigenvalue weighted by Gasteiger charge is -2.29. The van der Waals surface area contributed by atoms with Crippen LogP contribution in [0.4, 0.5) is 0 Å². The maximum Gasteiger partial charge on any atom is 0.191 e. The maximum atomic E-state index is 4.70. The monoisotopic (exact) mass is 410 g/mol. The molecule has 0 aromatic rings. The Kier molecular flexibility index (Phi) is 11.5. The van der Waals surface area contributed by atoms with Crippen molar-refractivity contribution in [2.24, 2.45) is 16.8 Å². The first-order chi connectivity index (χ1) is 9.52. The largest absolute Gasteiger partial charge is 0.357 e. The number of nitrogens with one attached hydrogen (secondary N) is 2. The highest BCUT2D eigenvalue weighted by Crippen LogP contribution is 2.15. The first-order valence-electron chi connectivity index (χ1n) is 8.30. The Morgan fingerprint density at radius 3 is 2.38 bits per heavy atom. The summed E-state index contributed by atoms with van der Waals surface area (Å²) in [5, 5.41) is 6.82. The maximum absolute atomic E-state index is 4.70. The molecule has 1 aliphatic heterocycles. The van der Waals surface area contributed by atoms with Gasteiger partial charge in [0.2, 0.25) is 0 Å². The Hall–Kier alpha value is -0.0400. The predicted molar refractivity (Wildman–Crippen MR) is 104 cm³/mol. The average Bonchev–Trinajstić information content (AvgIpc) is 2.41. The van der Waals surface area contributed by atoms with Crippen molar-refractivity contribution in [3.05, 3.63) is 0 Å². The molecular weight excluding hydrogens is 375 g/mol. The molecule has 21 heavy (non-hydrogen) atoms. The van der Waals surface area contributed by atoms with Gasteiger partial charge in [-0.05, 0) is 51.6 Å². The molecule has 1 saturated heterocycles. The van der Waals surface area contributed by atoms with Crippen molar-refractivity contribution in [1.82, 2.24) is 15.5 Å². The van der Waals surface area contributed by atoms with Gasteiger partial charge in [0.15, 0.2) is 5.96 Å². The smallest absolute Gasteiger partial charge is 0.191 e. The number of nitrogens with zero attached hydrogens (tertiary/aromatic N) is 2. The second-order valence-corrected chi connectivity index (χ2v) is 6.46. The van der Waals surface area contributed by atoms with Gasteiger partial charge in [-0.3, -0.25) is 4.99 Å². The highest BCUT2D eigenvalue weighted by atomic mass is 127. The highest BCUT2D eigenvalue weighted by Gasteiger charge is 2.15. The fourth-order valence-electron chi connectivity index (χ4n) is 2.29. The zero-order chi connectivity index (χ0) is 15.0. The molecule has 1 atom stereocenters. The summed E-state index contributed by atoms with van der Waals surface area (Å²) in [4.78, 5) is 7.24. The fourth-order valence-corrected chi connectivity index (χ4v) is 2.29. The number of likely N-dealkylation sites (tertiary alicyclic amines) is 1. The lowest BCUT2D eigenvalue weighted by molar-refractivity contribution is 0.197. The normalized spacial score (nSPS) is 19.2. The Morgan fingerprint density at radius 1 is 1.24 bits per heavy atom. The molecule has 0 radical (unpaired) electrons. The summed E-state index contributed by atoms with van der Waals surface area (Å²) in [6.45, 7) is 16.5. The number of piperidine rings is 1. The second kappa shape index (κ2) is 11.5. The third-order valence-corrected chi connectivity index (χ3v) is 4.27. The first-order valence-corrected chi connectivity index (χ1v) is 8.30. The van der Waals surface area contributed by atoms with Crippen molar-refractivity contribution in [2.75, 3.05) is 32.7 Å². The molecule has 0 bridgehead atoms. The van der Waals surface area contributed by atoms with E-state index in [4.69, 9.17) is 4.99 Å². The van der Waals surface area contributed by atoms with E-state index in [2.05, 4.69) is 50.2 Å². The molecule has 126 valence electrons. The molecule has 1 aliphatic rings. The molecule has 0 aliphatic carbocycles. The van der Waals surface area contributed by atoms with Crippen LogP contribution in [0.15, 0.2) is 4.99 Å². The standard InChI is InChI=1S/C16H34N4.HI/c1-6-17-16(19-15(5)13(2)3)18-9-12-20-10-7-14(4)8-11-20;/h13-15H,6-12H2,1-5H3,(H2,17,18,19);1H. The summed E-state index contributed by atoms with van der Waals surface area (Å²) in [6.07, 6.45) is 2.68. The summed E-state index contributed by atoms with van der Waals surface area (Å²) in [5.74, 6) is 2.47. The van der Waals surface area contributed by atoms with E-state index in [0.717, 1.165) is 31.5 Å². The van der Waals surface area contributed by atoms with Crippen LogP contribution in [0.5, 0.6) is 0 Å². The predicted octanol–water partition coefficient (Wildman–Crippen LogP) is 2.94. The molecule has 0 spiro atoms. The molecule has 4 nitrogen and oxygen atoms in total. The van der Waals surface area contributed by atoms with Crippen LogP contribution >= 0.6 is 24.0 Å². The molecule has 0 aromatic carbocycles. The van der Waals surface area contributed by atoms with Crippen LogP contribution in [0, 0.1) is 11.8 Å². The molecule has 2 N–H and O–H groups in total. The minimum absolute atomic E-state index is 0. The molecule has 1 fully saturated rings. The minimum atomic E-state index is 0. The van der Waals surface area contributed by atoms with Gasteiger partial charge >= 0.3 is 0 Å². The van der Waals surface area contributed by atoms with E-state index in [1.807, 2.05) is 0 Å². The van der Waals surface area contributed by atoms with Crippen LogP contribution in [0.1, 0.15) is 47.5 Å². The Morgan fingerprint density at radius 2 is 1.86 bits per heavy atom. The van der Waals surface area contributed by atoms with E-state index in [9.17, 15) is 0 Å². The lowest BCUT2D eigenvalue weighted by atomic mass is 9.99. The summed E-state index contributed by atoms with van der Waals surface area (Å²) >= 11 is 0. The van der Waals surface area contributed by atoms with Crippen molar-refractivity contribution in [3.63, 3.8) is 0 Å². The Balaban J connectivity index is 0.00000400. The van der Waals surface area contributed by atoms with E-state index >= 15 is 0 Å². The van der Waals surface area contributed by atoms with Gasteiger partial charge in [0.1, 0.15) is 0 Å². The summed E-state index contributed by atoms with van der Waals surface area (Å²) < 4.78 is 0. The molecule has 1 heterocycles. The molecule has 1 rings (SSSR count). The van der Waals surface area contributed by atoms with Gasteiger partial charge in [0, 0.05) is 19.1 Å². The molecule has 0 amide bonds. The highest BCUT2D eigenvalue weighted by molar-refractivity contribution is 14.0. The van der Waals surface area contributed by atoms with Crippen LogP contribution < -0.4 is 10.6 Å². The van der Waals surface area contributed by atoms with Crippen LogP contribution in [0.2, 0.25) is 0 Å². The van der Waals surface area contributed by atoms with Gasteiger partial charge in [-0.2, -0.15) is 0 Å². The van der Waals surface area contributed by atoms with Crippen LogP contribution in [0.25, 0.3) is 0 Å². The third kappa shape index (κ3) is 8.86. The van der Waals surface area contributed by atoms with Crippen LogP contribution in [-0.4, -0.2) is 49.6 Å². The van der Waals surface area contributed by atoms with Crippen molar-refractivity contribution in [2.45, 2.75) is 53.5 Å². The Labute approximate surface area is 148 Å². The second-order valence-electron chi connectivity index (χ2n) is 6.46. The van der Waals surface area contributed by atoms with Crippen LogP contribution in [-0.2, 0) is 0 Å². The van der Waals surface area contributed by atoms with Gasteiger partial charge in [0.05, 0.1) is 6.54 Å². The van der Waals surface area contributed by atoms with Gasteiger partial charge in [-0.15, -0.1) is 24.0 Å². The number of guanidine groups is 1. The van der Waals surface area contributed by atoms with E-state index in [-0.39, 0.29) is 24.0 Å². The van der Waals surface area contributed by atoms with Gasteiger partial charge < -0.3 is 15.5 Å².